The number of anilines is 3. The molecular formula is C29H27NO3. The lowest BCUT2D eigenvalue weighted by atomic mass is 10.1. The Bertz CT molecular complexity index is 1220. The summed E-state index contributed by atoms with van der Waals surface area (Å²) in [6.07, 6.45) is 0. The quantitative estimate of drug-likeness (QED) is 0.279. The molecule has 4 heteroatoms. The largest absolute Gasteiger partial charge is 0.461 e. The molecule has 0 N–H and O–H groups in total. The molecule has 0 bridgehead atoms. The lowest BCUT2D eigenvalue weighted by Crippen LogP contribution is -2.10. The highest BCUT2D eigenvalue weighted by Crippen LogP contribution is 2.36. The van der Waals surface area contributed by atoms with Crippen molar-refractivity contribution in [3.8, 4) is 11.5 Å². The van der Waals surface area contributed by atoms with Crippen LogP contribution in [0.5, 0.6) is 11.5 Å². The maximum atomic E-state index is 11.1. The number of hydrogen-bond donors (Lipinski definition) is 0. The second-order valence-electron chi connectivity index (χ2n) is 7.96. The number of carbonyl (C=O) groups is 1. The lowest BCUT2D eigenvalue weighted by Gasteiger charge is -2.26. The van der Waals surface area contributed by atoms with Crippen molar-refractivity contribution in [3.63, 3.8) is 0 Å². The summed E-state index contributed by atoms with van der Waals surface area (Å²) in [6, 6.07) is 32.3. The number of rotatable bonds is 7. The predicted octanol–water partition coefficient (Wildman–Crippen LogP) is 7.63. The van der Waals surface area contributed by atoms with E-state index in [1.165, 1.54) is 18.1 Å². The van der Waals surface area contributed by atoms with Crippen molar-refractivity contribution >= 4 is 23.0 Å². The molecule has 0 radical (unpaired) electrons. The van der Waals surface area contributed by atoms with Crippen molar-refractivity contribution in [2.45, 2.75) is 27.4 Å². The number of esters is 1. The highest BCUT2D eigenvalue weighted by atomic mass is 16.5. The highest BCUT2D eigenvalue weighted by Gasteiger charge is 2.14. The van der Waals surface area contributed by atoms with Gasteiger partial charge < -0.3 is 14.4 Å². The van der Waals surface area contributed by atoms with Crippen LogP contribution in [0.25, 0.3) is 0 Å². The fourth-order valence-corrected chi connectivity index (χ4v) is 3.53. The Morgan fingerprint density at radius 3 is 1.88 bits per heavy atom. The van der Waals surface area contributed by atoms with Gasteiger partial charge in [0.1, 0.15) is 18.1 Å². The van der Waals surface area contributed by atoms with Gasteiger partial charge in [-0.2, -0.15) is 0 Å². The molecule has 0 saturated heterocycles. The number of ether oxygens (including phenoxy) is 2. The summed E-state index contributed by atoms with van der Waals surface area (Å²) < 4.78 is 11.1. The van der Waals surface area contributed by atoms with Crippen LogP contribution in [0.15, 0.2) is 97.1 Å². The summed E-state index contributed by atoms with van der Waals surface area (Å²) in [5.74, 6) is 1.30. The topological polar surface area (TPSA) is 38.8 Å². The van der Waals surface area contributed by atoms with E-state index < -0.39 is 0 Å². The number of aryl methyl sites for hydroxylation is 2. The van der Waals surface area contributed by atoms with Crippen LogP contribution in [0, 0.1) is 13.8 Å². The van der Waals surface area contributed by atoms with Crippen LogP contribution in [0.2, 0.25) is 0 Å². The van der Waals surface area contributed by atoms with Crippen LogP contribution in [-0.2, 0) is 16.1 Å². The molecule has 0 atom stereocenters. The summed E-state index contributed by atoms with van der Waals surface area (Å²) in [7, 11) is 0. The third-order valence-corrected chi connectivity index (χ3v) is 5.46. The van der Waals surface area contributed by atoms with Crippen LogP contribution in [0.4, 0.5) is 17.1 Å². The smallest absolute Gasteiger partial charge is 0.302 e. The molecular weight excluding hydrogens is 410 g/mol. The van der Waals surface area contributed by atoms with Gasteiger partial charge in [0, 0.05) is 24.0 Å². The van der Waals surface area contributed by atoms with Gasteiger partial charge in [-0.1, -0.05) is 36.4 Å². The molecule has 4 nitrogen and oxygen atoms in total. The minimum Gasteiger partial charge on any atom is -0.461 e. The van der Waals surface area contributed by atoms with Gasteiger partial charge in [-0.25, -0.2) is 0 Å². The Kier molecular flexibility index (Phi) is 6.75. The van der Waals surface area contributed by atoms with Gasteiger partial charge in [0.05, 0.1) is 0 Å². The van der Waals surface area contributed by atoms with E-state index >= 15 is 0 Å². The van der Waals surface area contributed by atoms with Crippen LogP contribution in [0.3, 0.4) is 0 Å². The maximum absolute atomic E-state index is 11.1. The fraction of sp³-hybridized carbons (Fsp3) is 0.138. The van der Waals surface area contributed by atoms with E-state index in [-0.39, 0.29) is 12.6 Å². The molecule has 0 fully saturated rings. The number of benzene rings is 4. The fourth-order valence-electron chi connectivity index (χ4n) is 3.53. The molecule has 4 aromatic rings. The Morgan fingerprint density at radius 2 is 1.27 bits per heavy atom. The van der Waals surface area contributed by atoms with Crippen molar-refractivity contribution in [1.82, 2.24) is 0 Å². The molecule has 0 unspecified atom stereocenters. The molecule has 4 rings (SSSR count). The summed E-state index contributed by atoms with van der Waals surface area (Å²) in [6.45, 7) is 5.92. The van der Waals surface area contributed by atoms with Crippen LogP contribution in [-0.4, -0.2) is 5.97 Å². The molecule has 33 heavy (non-hydrogen) atoms. The number of hydrogen-bond acceptors (Lipinski definition) is 4. The number of para-hydroxylation sites is 1. The number of carbonyl (C=O) groups excluding carboxylic acids is 1. The van der Waals surface area contributed by atoms with E-state index in [2.05, 4.69) is 49.1 Å². The summed E-state index contributed by atoms with van der Waals surface area (Å²) in [4.78, 5) is 13.3. The Labute approximate surface area is 195 Å². The zero-order chi connectivity index (χ0) is 23.2. The average Bonchev–Trinajstić information content (AvgIpc) is 2.83. The summed E-state index contributed by atoms with van der Waals surface area (Å²) in [5.41, 5.74) is 6.53. The second kappa shape index (κ2) is 10.0. The first-order chi connectivity index (χ1) is 16.0. The molecule has 0 amide bonds. The predicted molar refractivity (Wildman–Crippen MR) is 133 cm³/mol. The van der Waals surface area contributed by atoms with E-state index in [0.29, 0.717) is 0 Å². The molecule has 0 aliphatic heterocycles. The van der Waals surface area contributed by atoms with Crippen molar-refractivity contribution in [2.24, 2.45) is 0 Å². The van der Waals surface area contributed by atoms with Gasteiger partial charge >= 0.3 is 5.97 Å². The van der Waals surface area contributed by atoms with Crippen LogP contribution < -0.4 is 9.64 Å². The van der Waals surface area contributed by atoms with Crippen LogP contribution >= 0.6 is 0 Å². The minimum absolute atomic E-state index is 0.269. The van der Waals surface area contributed by atoms with Crippen molar-refractivity contribution in [3.05, 3.63) is 114 Å². The summed E-state index contributed by atoms with van der Waals surface area (Å²) in [5, 5.41) is 0. The van der Waals surface area contributed by atoms with Gasteiger partial charge in [0.15, 0.2) is 0 Å². The Morgan fingerprint density at radius 1 is 0.697 bits per heavy atom. The highest BCUT2D eigenvalue weighted by molar-refractivity contribution is 5.77. The second-order valence-corrected chi connectivity index (χ2v) is 7.96. The van der Waals surface area contributed by atoms with Crippen molar-refractivity contribution in [1.29, 1.82) is 0 Å². The zero-order valence-electron chi connectivity index (χ0n) is 19.1. The average molecular weight is 438 g/mol. The first kappa shape index (κ1) is 22.2. The zero-order valence-corrected chi connectivity index (χ0v) is 19.1. The first-order valence-electron chi connectivity index (χ1n) is 10.9. The van der Waals surface area contributed by atoms with Gasteiger partial charge in [-0.15, -0.1) is 0 Å². The Balaban J connectivity index is 1.65. The molecule has 166 valence electrons. The third kappa shape index (κ3) is 5.60. The molecule has 0 aromatic heterocycles. The van der Waals surface area contributed by atoms with Crippen molar-refractivity contribution in [2.75, 3.05) is 4.90 Å². The molecule has 0 aliphatic carbocycles. The normalized spacial score (nSPS) is 10.5. The van der Waals surface area contributed by atoms with Crippen molar-refractivity contribution < 1.29 is 14.3 Å². The van der Waals surface area contributed by atoms with Gasteiger partial charge in [-0.05, 0) is 91.2 Å². The summed E-state index contributed by atoms with van der Waals surface area (Å²) >= 11 is 0. The van der Waals surface area contributed by atoms with E-state index in [4.69, 9.17) is 9.47 Å². The monoisotopic (exact) mass is 437 g/mol. The molecule has 0 spiro atoms. The van der Waals surface area contributed by atoms with Gasteiger partial charge in [-0.3, -0.25) is 4.79 Å². The lowest BCUT2D eigenvalue weighted by molar-refractivity contribution is -0.142. The molecule has 0 aliphatic rings. The standard InChI is InChI=1S/C29H27NO3/c1-21-9-12-27(19-22(21)2)30(25-13-10-24(11-14-25)20-32-23(3)31)26-15-17-29(18-16-26)33-28-7-5-4-6-8-28/h4-19H,20H2,1-3H3. The SMILES string of the molecule is CC(=O)OCc1ccc(N(c2ccc(Oc3ccccc3)cc2)c2ccc(C)c(C)c2)cc1. The van der Waals surface area contributed by atoms with E-state index in [0.717, 1.165) is 34.1 Å². The first-order valence-corrected chi connectivity index (χ1v) is 10.9. The molecule has 0 saturated carbocycles. The molecule has 0 heterocycles. The third-order valence-electron chi connectivity index (χ3n) is 5.46. The minimum atomic E-state index is -0.284. The van der Waals surface area contributed by atoms with Gasteiger partial charge in [0.2, 0.25) is 0 Å². The van der Waals surface area contributed by atoms with E-state index in [1.807, 2.05) is 66.7 Å². The van der Waals surface area contributed by atoms with Crippen LogP contribution in [0.1, 0.15) is 23.6 Å². The van der Waals surface area contributed by atoms with Gasteiger partial charge in [0.25, 0.3) is 0 Å². The number of nitrogens with zero attached hydrogens (tertiary/aromatic N) is 1. The molecule has 4 aromatic carbocycles. The maximum Gasteiger partial charge on any atom is 0.302 e. The van der Waals surface area contributed by atoms with E-state index in [1.54, 1.807) is 0 Å². The van der Waals surface area contributed by atoms with E-state index in [9.17, 15) is 4.79 Å². The Hall–Kier alpha value is -4.05.